The summed E-state index contributed by atoms with van der Waals surface area (Å²) in [4.78, 5) is 22.8. The Morgan fingerprint density at radius 3 is 2.69 bits per heavy atom. The molecule has 182 valence electrons. The molecule has 9 heteroatoms. The number of carbonyl (C=O) groups excluding carboxylic acids is 1. The van der Waals surface area contributed by atoms with Gasteiger partial charge in [0.15, 0.2) is 0 Å². The number of carbonyl (C=O) groups is 1. The Hall–Kier alpha value is -0.810. The summed E-state index contributed by atoms with van der Waals surface area (Å²) in [5, 5.41) is 11.1. The molecule has 9 nitrogen and oxygen atoms in total. The van der Waals surface area contributed by atoms with E-state index in [0.717, 1.165) is 57.8 Å². The van der Waals surface area contributed by atoms with Crippen molar-refractivity contribution in [2.45, 2.75) is 76.0 Å². The standard InChI is InChI=1S/C23H43N7O2/c24-21(31)17-6-11-29(12-7-17)20-13-18(5-9-26-20)22-27-23(32-28-22)19-4-2-10-30(19)15-16-3-1-8-25-14-16/h16-20,22-23,25-28H,1-15H2,(H2,24,31)/t16?,18?,19-,20?,22?,23?/m0/s1. The Kier molecular flexibility index (Phi) is 7.63. The number of likely N-dealkylation sites (tertiary alicyclic amines) is 2. The van der Waals surface area contributed by atoms with Gasteiger partial charge in [0.2, 0.25) is 5.91 Å². The van der Waals surface area contributed by atoms with Gasteiger partial charge in [0, 0.05) is 25.6 Å². The van der Waals surface area contributed by atoms with E-state index in [1.165, 1.54) is 45.3 Å². The van der Waals surface area contributed by atoms with Crippen LogP contribution in [-0.2, 0) is 9.63 Å². The Balaban J connectivity index is 1.11. The van der Waals surface area contributed by atoms with E-state index in [2.05, 4.69) is 31.2 Å². The van der Waals surface area contributed by atoms with Crippen molar-refractivity contribution in [3.8, 4) is 0 Å². The third kappa shape index (κ3) is 5.29. The minimum Gasteiger partial charge on any atom is -0.369 e. The highest BCUT2D eigenvalue weighted by Gasteiger charge is 2.42. The molecule has 5 rings (SSSR count). The normalized spacial score (nSPS) is 40.6. The second-order valence-corrected chi connectivity index (χ2v) is 10.7. The minimum atomic E-state index is -0.137. The van der Waals surface area contributed by atoms with Crippen LogP contribution in [0.3, 0.4) is 0 Å². The predicted octanol–water partition coefficient (Wildman–Crippen LogP) is -0.250. The van der Waals surface area contributed by atoms with Crippen molar-refractivity contribution in [2.75, 3.05) is 45.8 Å². The lowest BCUT2D eigenvalue weighted by molar-refractivity contribution is -0.123. The van der Waals surface area contributed by atoms with Gasteiger partial charge in [-0.05, 0) is 89.4 Å². The highest BCUT2D eigenvalue weighted by molar-refractivity contribution is 5.76. The molecular weight excluding hydrogens is 406 g/mol. The van der Waals surface area contributed by atoms with E-state index < -0.39 is 0 Å². The van der Waals surface area contributed by atoms with Crippen molar-refractivity contribution in [3.63, 3.8) is 0 Å². The highest BCUT2D eigenvalue weighted by Crippen LogP contribution is 2.29. The van der Waals surface area contributed by atoms with Crippen molar-refractivity contribution >= 4 is 5.91 Å². The summed E-state index contributed by atoms with van der Waals surface area (Å²) < 4.78 is 0. The molecule has 0 saturated carbocycles. The predicted molar refractivity (Wildman–Crippen MR) is 123 cm³/mol. The lowest BCUT2D eigenvalue weighted by Crippen LogP contribution is -2.57. The van der Waals surface area contributed by atoms with Gasteiger partial charge in [-0.2, -0.15) is 5.48 Å². The summed E-state index contributed by atoms with van der Waals surface area (Å²) in [6.07, 6.45) is 9.85. The molecule has 5 unspecified atom stereocenters. The second kappa shape index (κ2) is 10.6. The summed E-state index contributed by atoms with van der Waals surface area (Å²) >= 11 is 0. The molecular formula is C23H43N7O2. The molecule has 5 heterocycles. The first kappa shape index (κ1) is 23.0. The highest BCUT2D eigenvalue weighted by atomic mass is 16.7. The maximum Gasteiger partial charge on any atom is 0.220 e. The molecule has 5 aliphatic heterocycles. The van der Waals surface area contributed by atoms with Crippen molar-refractivity contribution < 1.29 is 9.63 Å². The van der Waals surface area contributed by atoms with Gasteiger partial charge in [-0.25, -0.2) is 0 Å². The zero-order valence-corrected chi connectivity index (χ0v) is 19.4. The first-order valence-electron chi connectivity index (χ1n) is 13.1. The molecule has 0 bridgehead atoms. The van der Waals surface area contributed by atoms with Gasteiger partial charge < -0.3 is 16.4 Å². The number of primary amides is 1. The molecule has 1 amide bonds. The molecule has 0 aromatic rings. The van der Waals surface area contributed by atoms with Crippen LogP contribution in [0.2, 0.25) is 0 Å². The zero-order valence-electron chi connectivity index (χ0n) is 19.4. The van der Waals surface area contributed by atoms with Crippen molar-refractivity contribution in [1.82, 2.24) is 31.2 Å². The molecule has 5 saturated heterocycles. The summed E-state index contributed by atoms with van der Waals surface area (Å²) in [6, 6.07) is 0.472. The molecule has 0 aromatic heterocycles. The zero-order chi connectivity index (χ0) is 21.9. The van der Waals surface area contributed by atoms with E-state index in [4.69, 9.17) is 10.6 Å². The Bertz CT molecular complexity index is 623. The number of nitrogens with two attached hydrogens (primary N) is 1. The van der Waals surface area contributed by atoms with E-state index in [0.29, 0.717) is 18.1 Å². The fourth-order valence-electron chi connectivity index (χ4n) is 6.65. The Morgan fingerprint density at radius 2 is 1.91 bits per heavy atom. The van der Waals surface area contributed by atoms with E-state index in [1.54, 1.807) is 0 Å². The van der Waals surface area contributed by atoms with E-state index in [-0.39, 0.29) is 24.2 Å². The molecule has 0 radical (unpaired) electrons. The number of hydrogen-bond acceptors (Lipinski definition) is 8. The summed E-state index contributed by atoms with van der Waals surface area (Å²) in [5.41, 5.74) is 8.88. The topological polar surface area (TPSA) is 107 Å². The van der Waals surface area contributed by atoms with Crippen LogP contribution in [0.25, 0.3) is 0 Å². The number of piperidine rings is 3. The van der Waals surface area contributed by atoms with Crippen LogP contribution >= 0.6 is 0 Å². The molecule has 5 aliphatic rings. The summed E-state index contributed by atoms with van der Waals surface area (Å²) in [6.45, 7) is 7.67. The van der Waals surface area contributed by atoms with E-state index in [1.807, 2.05) is 0 Å². The van der Waals surface area contributed by atoms with Crippen LogP contribution in [0, 0.1) is 17.8 Å². The number of nitrogens with zero attached hydrogens (tertiary/aromatic N) is 2. The maximum atomic E-state index is 11.5. The minimum absolute atomic E-state index is 0.0525. The van der Waals surface area contributed by atoms with Crippen LogP contribution in [-0.4, -0.2) is 86.1 Å². The number of hydroxylamine groups is 1. The average Bonchev–Trinajstić information content (AvgIpc) is 3.49. The molecule has 0 aromatic carbocycles. The fourth-order valence-corrected chi connectivity index (χ4v) is 6.65. The van der Waals surface area contributed by atoms with Crippen LogP contribution in [0.4, 0.5) is 0 Å². The van der Waals surface area contributed by atoms with Crippen molar-refractivity contribution in [1.29, 1.82) is 0 Å². The van der Waals surface area contributed by atoms with Gasteiger partial charge in [-0.3, -0.25) is 24.7 Å². The molecule has 32 heavy (non-hydrogen) atoms. The van der Waals surface area contributed by atoms with Gasteiger partial charge >= 0.3 is 0 Å². The van der Waals surface area contributed by atoms with Crippen molar-refractivity contribution in [2.24, 2.45) is 23.5 Å². The van der Waals surface area contributed by atoms with Crippen LogP contribution in [0.5, 0.6) is 0 Å². The maximum absolute atomic E-state index is 11.5. The summed E-state index contributed by atoms with van der Waals surface area (Å²) in [7, 11) is 0. The van der Waals surface area contributed by atoms with E-state index >= 15 is 0 Å². The second-order valence-electron chi connectivity index (χ2n) is 10.7. The Labute approximate surface area is 192 Å². The first-order chi connectivity index (χ1) is 15.7. The third-order valence-electron chi connectivity index (χ3n) is 8.59. The first-order valence-corrected chi connectivity index (χ1v) is 13.1. The van der Waals surface area contributed by atoms with Crippen LogP contribution < -0.4 is 27.2 Å². The Morgan fingerprint density at radius 1 is 1.03 bits per heavy atom. The number of nitrogens with one attached hydrogen (secondary N) is 4. The molecule has 6 N–H and O–H groups in total. The summed E-state index contributed by atoms with van der Waals surface area (Å²) in [5.74, 6) is 1.23. The van der Waals surface area contributed by atoms with Crippen LogP contribution in [0.15, 0.2) is 0 Å². The monoisotopic (exact) mass is 449 g/mol. The molecule has 0 spiro atoms. The average molecular weight is 450 g/mol. The van der Waals surface area contributed by atoms with Crippen molar-refractivity contribution in [3.05, 3.63) is 0 Å². The quantitative estimate of drug-likeness (QED) is 0.378. The fraction of sp³-hybridized carbons (Fsp3) is 0.957. The molecule has 6 atom stereocenters. The largest absolute Gasteiger partial charge is 0.369 e. The van der Waals surface area contributed by atoms with Gasteiger partial charge in [0.05, 0.1) is 18.4 Å². The number of amides is 1. The van der Waals surface area contributed by atoms with Gasteiger partial charge in [-0.15, -0.1) is 0 Å². The van der Waals surface area contributed by atoms with Crippen LogP contribution in [0.1, 0.15) is 51.4 Å². The number of rotatable bonds is 6. The third-order valence-corrected chi connectivity index (χ3v) is 8.59. The lowest BCUT2D eigenvalue weighted by atomic mass is 9.90. The van der Waals surface area contributed by atoms with Gasteiger partial charge in [0.25, 0.3) is 0 Å². The lowest BCUT2D eigenvalue weighted by Gasteiger charge is -2.42. The van der Waals surface area contributed by atoms with Gasteiger partial charge in [-0.1, -0.05) is 0 Å². The SMILES string of the molecule is NC(=O)C1CCN(C2CC(C3NOC([C@@H]4CCCN4CC4CCCNC4)N3)CCN2)CC1. The van der Waals surface area contributed by atoms with E-state index in [9.17, 15) is 4.79 Å². The van der Waals surface area contributed by atoms with Gasteiger partial charge in [0.1, 0.15) is 6.23 Å². The number of hydrogen-bond donors (Lipinski definition) is 5. The molecule has 0 aliphatic carbocycles. The molecule has 5 fully saturated rings. The smallest absolute Gasteiger partial charge is 0.220 e.